The van der Waals surface area contributed by atoms with E-state index in [0.717, 1.165) is 11.1 Å². The predicted molar refractivity (Wildman–Crippen MR) is 133 cm³/mol. The van der Waals surface area contributed by atoms with Crippen molar-refractivity contribution < 1.29 is 38.0 Å². The van der Waals surface area contributed by atoms with Gasteiger partial charge in [-0.05, 0) is 26.3 Å². The van der Waals surface area contributed by atoms with Gasteiger partial charge in [-0.2, -0.15) is 0 Å². The van der Waals surface area contributed by atoms with E-state index in [1.807, 2.05) is 60.7 Å². The Labute approximate surface area is 217 Å². The van der Waals surface area contributed by atoms with Crippen LogP contribution in [0.5, 0.6) is 0 Å². The van der Waals surface area contributed by atoms with Gasteiger partial charge in [-0.3, -0.25) is 4.79 Å². The van der Waals surface area contributed by atoms with Crippen molar-refractivity contribution in [1.29, 1.82) is 0 Å². The van der Waals surface area contributed by atoms with Gasteiger partial charge in [0.15, 0.2) is 12.6 Å². The summed E-state index contributed by atoms with van der Waals surface area (Å²) in [6.45, 7) is 6.91. The van der Waals surface area contributed by atoms with Gasteiger partial charge in [0.05, 0.1) is 13.2 Å². The van der Waals surface area contributed by atoms with Crippen LogP contribution in [0.2, 0.25) is 0 Å². The van der Waals surface area contributed by atoms with Gasteiger partial charge in [0.1, 0.15) is 36.6 Å². The molecule has 0 aromatic heterocycles. The van der Waals surface area contributed by atoms with Gasteiger partial charge in [0, 0.05) is 12.5 Å². The summed E-state index contributed by atoms with van der Waals surface area (Å²) in [5, 5.41) is 2.89. The maximum atomic E-state index is 12.5. The second-order valence-electron chi connectivity index (χ2n) is 10.1. The molecule has 0 saturated carbocycles. The predicted octanol–water partition coefficient (Wildman–Crippen LogP) is 3.27. The molecule has 1 N–H and O–H groups in total. The summed E-state index contributed by atoms with van der Waals surface area (Å²) < 4.78 is 36.2. The van der Waals surface area contributed by atoms with Crippen molar-refractivity contribution in [2.45, 2.75) is 76.8 Å². The molecule has 0 unspecified atom stereocenters. The topological polar surface area (TPSA) is 102 Å². The number of fused-ring (bicyclic) bond motifs is 1. The summed E-state index contributed by atoms with van der Waals surface area (Å²) in [5.41, 5.74) is 1.12. The van der Waals surface area contributed by atoms with Gasteiger partial charge in [-0.15, -0.1) is 0 Å². The van der Waals surface area contributed by atoms with Crippen LogP contribution in [-0.2, 0) is 44.6 Å². The second-order valence-corrected chi connectivity index (χ2v) is 10.1. The molecule has 2 fully saturated rings. The van der Waals surface area contributed by atoms with Crippen LogP contribution >= 0.6 is 0 Å². The van der Waals surface area contributed by atoms with Crippen LogP contribution in [0.15, 0.2) is 60.7 Å². The van der Waals surface area contributed by atoms with E-state index in [4.69, 9.17) is 28.4 Å². The quantitative estimate of drug-likeness (QED) is 0.537. The fraction of sp³-hybridized carbons (Fsp3) is 0.500. The second kappa shape index (κ2) is 12.1. The Morgan fingerprint density at radius 3 is 2.30 bits per heavy atom. The molecule has 9 nitrogen and oxygen atoms in total. The maximum Gasteiger partial charge on any atom is 0.332 e. The summed E-state index contributed by atoms with van der Waals surface area (Å²) in [6.07, 6.45) is -3.48. The Hall–Kier alpha value is -2.82. The van der Waals surface area contributed by atoms with Crippen molar-refractivity contribution >= 4 is 11.9 Å². The molecule has 0 spiro atoms. The first-order chi connectivity index (χ1) is 17.7. The van der Waals surface area contributed by atoms with Crippen LogP contribution in [0.25, 0.3) is 0 Å². The minimum atomic E-state index is -0.866. The molecule has 4 rings (SSSR count). The van der Waals surface area contributed by atoms with Crippen LogP contribution in [0.3, 0.4) is 0 Å². The van der Waals surface area contributed by atoms with Gasteiger partial charge in [-0.25, -0.2) is 4.79 Å². The summed E-state index contributed by atoms with van der Waals surface area (Å²) in [6, 6.07) is 18.4. The van der Waals surface area contributed by atoms with Gasteiger partial charge in [0.2, 0.25) is 5.91 Å². The normalized spacial score (nSPS) is 27.7. The molecule has 2 aliphatic heterocycles. The minimum Gasteiger partial charge on any atom is -0.458 e. The number of ether oxygens (including phenoxy) is 6. The molecular weight excluding hydrogens is 478 g/mol. The minimum absolute atomic E-state index is 0.217. The van der Waals surface area contributed by atoms with Crippen LogP contribution in [0.1, 0.15) is 45.1 Å². The summed E-state index contributed by atoms with van der Waals surface area (Å²) in [4.78, 5) is 24.7. The lowest BCUT2D eigenvalue weighted by molar-refractivity contribution is -0.349. The van der Waals surface area contributed by atoms with E-state index in [0.29, 0.717) is 0 Å². The zero-order chi connectivity index (χ0) is 26.4. The molecule has 2 heterocycles. The fourth-order valence-electron chi connectivity index (χ4n) is 4.37. The zero-order valence-electron chi connectivity index (χ0n) is 21.6. The van der Waals surface area contributed by atoms with Crippen molar-refractivity contribution in [2.24, 2.45) is 0 Å². The number of hydrogen-bond donors (Lipinski definition) is 1. The number of carbonyl (C=O) groups excluding carboxylic acids is 2. The van der Waals surface area contributed by atoms with E-state index in [-0.39, 0.29) is 25.7 Å². The van der Waals surface area contributed by atoms with E-state index < -0.39 is 48.5 Å². The molecule has 1 amide bonds. The monoisotopic (exact) mass is 513 g/mol. The van der Waals surface area contributed by atoms with Crippen LogP contribution < -0.4 is 5.32 Å². The first-order valence-corrected chi connectivity index (χ1v) is 12.4. The lowest BCUT2D eigenvalue weighted by atomic mass is 9.95. The number of amides is 1. The highest BCUT2D eigenvalue weighted by Gasteiger charge is 2.51. The first kappa shape index (κ1) is 27.2. The summed E-state index contributed by atoms with van der Waals surface area (Å²) in [7, 11) is 0. The fourth-order valence-corrected chi connectivity index (χ4v) is 4.37. The number of carbonyl (C=O) groups is 2. The molecule has 2 aromatic carbocycles. The molecule has 200 valence electrons. The molecule has 0 aliphatic carbocycles. The Morgan fingerprint density at radius 2 is 1.65 bits per heavy atom. The SMILES string of the molecule is CC(=O)N[C@@H]1[C@H](OCc2ccccc2)O[C@@H]2CO[C@H](c3ccccc3)O[C@H]2[C@@H]1OCC(=O)OC(C)(C)C. The third-order valence-electron chi connectivity index (χ3n) is 5.85. The molecule has 2 aromatic rings. The van der Waals surface area contributed by atoms with E-state index >= 15 is 0 Å². The van der Waals surface area contributed by atoms with E-state index in [1.165, 1.54) is 6.92 Å². The number of esters is 1. The van der Waals surface area contributed by atoms with Gasteiger partial charge >= 0.3 is 5.97 Å². The molecule has 6 atom stereocenters. The number of rotatable bonds is 8. The Kier molecular flexibility index (Phi) is 8.94. The molecule has 9 heteroatoms. The lowest BCUT2D eigenvalue weighted by Gasteiger charge is -2.49. The smallest absolute Gasteiger partial charge is 0.332 e. The highest BCUT2D eigenvalue weighted by atomic mass is 16.8. The standard InChI is InChI=1S/C28H35NO8/c1-18(30)29-23-25(32-17-22(31)37-28(2,3)4)24-21(16-34-26(36-24)20-13-9-6-10-14-20)35-27(23)33-15-19-11-7-5-8-12-19/h5-14,21,23-27H,15-17H2,1-4H3,(H,29,30)/t21-,23+,24-,25-,26+,27-/m1/s1. The number of benzene rings is 2. The van der Waals surface area contributed by atoms with Crippen LogP contribution in [-0.4, -0.2) is 61.3 Å². The molecule has 2 aliphatic rings. The Bertz CT molecular complexity index is 1030. The van der Waals surface area contributed by atoms with Crippen molar-refractivity contribution in [2.75, 3.05) is 13.2 Å². The number of hydrogen-bond acceptors (Lipinski definition) is 8. The van der Waals surface area contributed by atoms with E-state index in [2.05, 4.69) is 5.32 Å². The molecule has 2 saturated heterocycles. The number of nitrogens with one attached hydrogen (secondary N) is 1. The highest BCUT2D eigenvalue weighted by molar-refractivity contribution is 5.73. The molecule has 37 heavy (non-hydrogen) atoms. The van der Waals surface area contributed by atoms with Crippen molar-refractivity contribution in [3.63, 3.8) is 0 Å². The molecule has 0 bridgehead atoms. The van der Waals surface area contributed by atoms with Crippen molar-refractivity contribution in [1.82, 2.24) is 5.32 Å². The average molecular weight is 514 g/mol. The van der Waals surface area contributed by atoms with E-state index in [9.17, 15) is 9.59 Å². The Morgan fingerprint density at radius 1 is 0.973 bits per heavy atom. The molecular formula is C28H35NO8. The van der Waals surface area contributed by atoms with Crippen LogP contribution in [0.4, 0.5) is 0 Å². The zero-order valence-corrected chi connectivity index (χ0v) is 21.6. The Balaban J connectivity index is 1.56. The average Bonchev–Trinajstić information content (AvgIpc) is 2.86. The first-order valence-electron chi connectivity index (χ1n) is 12.4. The third kappa shape index (κ3) is 7.59. The summed E-state index contributed by atoms with van der Waals surface area (Å²) >= 11 is 0. The maximum absolute atomic E-state index is 12.5. The van der Waals surface area contributed by atoms with Gasteiger partial charge in [0.25, 0.3) is 0 Å². The van der Waals surface area contributed by atoms with Gasteiger partial charge in [-0.1, -0.05) is 60.7 Å². The van der Waals surface area contributed by atoms with E-state index in [1.54, 1.807) is 20.8 Å². The molecule has 0 radical (unpaired) electrons. The van der Waals surface area contributed by atoms with Crippen molar-refractivity contribution in [3.8, 4) is 0 Å². The van der Waals surface area contributed by atoms with Gasteiger partial charge < -0.3 is 33.7 Å². The highest BCUT2D eigenvalue weighted by Crippen LogP contribution is 2.36. The lowest BCUT2D eigenvalue weighted by Crippen LogP contribution is -2.67. The summed E-state index contributed by atoms with van der Waals surface area (Å²) in [5.74, 6) is -0.816. The van der Waals surface area contributed by atoms with Crippen LogP contribution in [0, 0.1) is 0 Å². The third-order valence-corrected chi connectivity index (χ3v) is 5.85. The van der Waals surface area contributed by atoms with Crippen molar-refractivity contribution in [3.05, 3.63) is 71.8 Å². The largest absolute Gasteiger partial charge is 0.458 e.